The molecule has 2 aromatic rings. The Bertz CT molecular complexity index is 823. The van der Waals surface area contributed by atoms with Crippen LogP contribution in [0.4, 0.5) is 4.39 Å². The van der Waals surface area contributed by atoms with Gasteiger partial charge in [0.1, 0.15) is 5.82 Å². The van der Waals surface area contributed by atoms with Crippen molar-refractivity contribution < 1.29 is 14.0 Å². The molecule has 136 valence electrons. The Labute approximate surface area is 156 Å². The molecule has 0 saturated carbocycles. The second kappa shape index (κ2) is 6.83. The van der Waals surface area contributed by atoms with Crippen molar-refractivity contribution in [3.63, 3.8) is 0 Å². The Morgan fingerprint density at radius 1 is 1.19 bits per heavy atom. The van der Waals surface area contributed by atoms with Crippen molar-refractivity contribution in [1.82, 2.24) is 9.80 Å². The standard InChI is InChI=1S/C20H21FN2O2S/c21-17-5-2-1-4-15(17)12-22-9-3-7-20(19(22)25)8-10-23(14-20)18(24)16-6-11-26-13-16/h1-2,4-6,11,13H,3,7-10,12,14H2/t20-/m1/s1. The molecule has 26 heavy (non-hydrogen) atoms. The molecule has 2 amide bonds. The fourth-order valence-corrected chi connectivity index (χ4v) is 4.76. The van der Waals surface area contributed by atoms with Crippen LogP contribution in [0.25, 0.3) is 0 Å². The number of amides is 2. The second-order valence-electron chi connectivity index (χ2n) is 7.19. The molecule has 1 aromatic carbocycles. The van der Waals surface area contributed by atoms with Crippen molar-refractivity contribution in [2.45, 2.75) is 25.8 Å². The SMILES string of the molecule is O=C(c1ccsc1)N1CC[C@]2(CCCN(Cc3ccccc3F)C2=O)C1. The van der Waals surface area contributed by atoms with E-state index in [0.29, 0.717) is 43.7 Å². The highest BCUT2D eigenvalue weighted by Crippen LogP contribution is 2.41. The number of nitrogens with zero attached hydrogens (tertiary/aromatic N) is 2. The zero-order valence-electron chi connectivity index (χ0n) is 14.5. The third kappa shape index (κ3) is 3.03. The monoisotopic (exact) mass is 372 g/mol. The molecule has 1 spiro atoms. The van der Waals surface area contributed by atoms with Crippen LogP contribution in [0, 0.1) is 11.2 Å². The number of likely N-dealkylation sites (tertiary alicyclic amines) is 2. The lowest BCUT2D eigenvalue weighted by molar-refractivity contribution is -0.146. The predicted molar refractivity (Wildman–Crippen MR) is 98.3 cm³/mol. The van der Waals surface area contributed by atoms with Gasteiger partial charge in [-0.05, 0) is 36.8 Å². The summed E-state index contributed by atoms with van der Waals surface area (Å²) in [5.41, 5.74) is 0.732. The Morgan fingerprint density at radius 3 is 2.81 bits per heavy atom. The number of thiophene rings is 1. The average Bonchev–Trinajstić information content (AvgIpc) is 3.31. The molecular weight excluding hydrogens is 351 g/mol. The Hall–Kier alpha value is -2.21. The lowest BCUT2D eigenvalue weighted by Gasteiger charge is -2.39. The fourth-order valence-electron chi connectivity index (χ4n) is 4.13. The van der Waals surface area contributed by atoms with Gasteiger partial charge in [0.25, 0.3) is 5.91 Å². The van der Waals surface area contributed by atoms with Crippen LogP contribution in [0.1, 0.15) is 35.2 Å². The van der Waals surface area contributed by atoms with E-state index in [1.165, 1.54) is 17.4 Å². The van der Waals surface area contributed by atoms with Crippen molar-refractivity contribution >= 4 is 23.2 Å². The Morgan fingerprint density at radius 2 is 2.04 bits per heavy atom. The van der Waals surface area contributed by atoms with Crippen molar-refractivity contribution in [3.05, 3.63) is 58.0 Å². The van der Waals surface area contributed by atoms with Gasteiger partial charge in [-0.3, -0.25) is 9.59 Å². The van der Waals surface area contributed by atoms with Gasteiger partial charge in [0.15, 0.2) is 0 Å². The highest BCUT2D eigenvalue weighted by Gasteiger charge is 2.49. The van der Waals surface area contributed by atoms with E-state index in [9.17, 15) is 14.0 Å². The van der Waals surface area contributed by atoms with E-state index in [0.717, 1.165) is 12.8 Å². The van der Waals surface area contributed by atoms with Gasteiger partial charge in [0.05, 0.1) is 11.0 Å². The molecule has 0 radical (unpaired) electrons. The maximum absolute atomic E-state index is 14.0. The first kappa shape index (κ1) is 17.2. The number of carbonyl (C=O) groups is 2. The maximum Gasteiger partial charge on any atom is 0.254 e. The lowest BCUT2D eigenvalue weighted by atomic mass is 9.78. The molecule has 2 aliphatic heterocycles. The summed E-state index contributed by atoms with van der Waals surface area (Å²) in [7, 11) is 0. The minimum atomic E-state index is -0.505. The van der Waals surface area contributed by atoms with Crippen molar-refractivity contribution in [3.8, 4) is 0 Å². The fraction of sp³-hybridized carbons (Fsp3) is 0.400. The first-order valence-corrected chi connectivity index (χ1v) is 9.88. The molecule has 2 saturated heterocycles. The molecule has 4 rings (SSSR count). The minimum absolute atomic E-state index is 0.00199. The molecular formula is C20H21FN2O2S. The van der Waals surface area contributed by atoms with Crippen LogP contribution in [0.15, 0.2) is 41.1 Å². The van der Waals surface area contributed by atoms with E-state index in [2.05, 4.69) is 0 Å². The van der Waals surface area contributed by atoms with E-state index in [4.69, 9.17) is 0 Å². The van der Waals surface area contributed by atoms with Gasteiger partial charge >= 0.3 is 0 Å². The number of piperidine rings is 1. The van der Waals surface area contributed by atoms with Crippen LogP contribution in [0.2, 0.25) is 0 Å². The van der Waals surface area contributed by atoms with E-state index >= 15 is 0 Å². The normalized spacial score (nSPS) is 23.0. The van der Waals surface area contributed by atoms with Crippen molar-refractivity contribution in [2.75, 3.05) is 19.6 Å². The summed E-state index contributed by atoms with van der Waals surface area (Å²) in [6, 6.07) is 8.43. The summed E-state index contributed by atoms with van der Waals surface area (Å²) in [6.45, 7) is 2.02. The molecule has 2 fully saturated rings. The highest BCUT2D eigenvalue weighted by molar-refractivity contribution is 7.08. The van der Waals surface area contributed by atoms with Gasteiger partial charge in [0, 0.05) is 37.1 Å². The van der Waals surface area contributed by atoms with Gasteiger partial charge < -0.3 is 9.80 Å². The van der Waals surface area contributed by atoms with Crippen molar-refractivity contribution in [2.24, 2.45) is 5.41 Å². The molecule has 3 heterocycles. The average molecular weight is 372 g/mol. The van der Waals surface area contributed by atoms with Crippen molar-refractivity contribution in [1.29, 1.82) is 0 Å². The smallest absolute Gasteiger partial charge is 0.254 e. The molecule has 6 heteroatoms. The number of halogens is 1. The lowest BCUT2D eigenvalue weighted by Crippen LogP contribution is -2.50. The number of hydrogen-bond acceptors (Lipinski definition) is 3. The number of rotatable bonds is 3. The summed E-state index contributed by atoms with van der Waals surface area (Å²) in [6.07, 6.45) is 2.38. The summed E-state index contributed by atoms with van der Waals surface area (Å²) in [4.78, 5) is 29.4. The maximum atomic E-state index is 14.0. The summed E-state index contributed by atoms with van der Waals surface area (Å²) in [5.74, 6) is -0.213. The number of benzene rings is 1. The summed E-state index contributed by atoms with van der Waals surface area (Å²) in [5, 5.41) is 3.74. The molecule has 0 bridgehead atoms. The van der Waals surface area contributed by atoms with Gasteiger partial charge in [-0.1, -0.05) is 18.2 Å². The van der Waals surface area contributed by atoms with Gasteiger partial charge in [-0.25, -0.2) is 4.39 Å². The number of hydrogen-bond donors (Lipinski definition) is 0. The van der Waals surface area contributed by atoms with Crippen LogP contribution in [0.5, 0.6) is 0 Å². The molecule has 4 nitrogen and oxygen atoms in total. The van der Waals surface area contributed by atoms with E-state index in [-0.39, 0.29) is 17.6 Å². The molecule has 1 atom stereocenters. The number of carbonyl (C=O) groups excluding carboxylic acids is 2. The molecule has 1 aromatic heterocycles. The van der Waals surface area contributed by atoms with E-state index < -0.39 is 5.41 Å². The van der Waals surface area contributed by atoms with Crippen LogP contribution < -0.4 is 0 Å². The second-order valence-corrected chi connectivity index (χ2v) is 7.97. The molecule has 0 N–H and O–H groups in total. The van der Waals surface area contributed by atoms with Gasteiger partial charge in [0.2, 0.25) is 5.91 Å². The third-order valence-corrected chi connectivity index (χ3v) is 6.24. The van der Waals surface area contributed by atoms with E-state index in [1.54, 1.807) is 28.0 Å². The Balaban J connectivity index is 1.49. The first-order valence-electron chi connectivity index (χ1n) is 8.93. The summed E-state index contributed by atoms with van der Waals surface area (Å²) < 4.78 is 14.0. The predicted octanol–water partition coefficient (Wildman–Crippen LogP) is 3.54. The van der Waals surface area contributed by atoms with Gasteiger partial charge in [-0.2, -0.15) is 11.3 Å². The van der Waals surface area contributed by atoms with E-state index in [1.807, 2.05) is 16.8 Å². The summed E-state index contributed by atoms with van der Waals surface area (Å²) >= 11 is 1.50. The molecule has 0 aliphatic carbocycles. The topological polar surface area (TPSA) is 40.6 Å². The zero-order valence-corrected chi connectivity index (χ0v) is 15.3. The quantitative estimate of drug-likeness (QED) is 0.827. The Kier molecular flexibility index (Phi) is 4.53. The largest absolute Gasteiger partial charge is 0.338 e. The van der Waals surface area contributed by atoms with Crippen LogP contribution in [-0.4, -0.2) is 41.2 Å². The first-order chi connectivity index (χ1) is 12.6. The zero-order chi connectivity index (χ0) is 18.1. The van der Waals surface area contributed by atoms with Crippen LogP contribution in [-0.2, 0) is 11.3 Å². The third-order valence-electron chi connectivity index (χ3n) is 5.55. The van der Waals surface area contributed by atoms with Gasteiger partial charge in [-0.15, -0.1) is 0 Å². The van der Waals surface area contributed by atoms with Crippen LogP contribution >= 0.6 is 11.3 Å². The molecule has 2 aliphatic rings. The molecule has 0 unspecified atom stereocenters. The minimum Gasteiger partial charge on any atom is -0.338 e. The van der Waals surface area contributed by atoms with Crippen LogP contribution in [0.3, 0.4) is 0 Å². The highest BCUT2D eigenvalue weighted by atomic mass is 32.1.